The topological polar surface area (TPSA) is 114 Å². The molecule has 3 atom stereocenters. The van der Waals surface area contributed by atoms with E-state index in [0.29, 0.717) is 23.9 Å². The molecule has 0 fully saturated rings. The maximum absolute atomic E-state index is 13.6. The number of nitrogens with zero attached hydrogens (tertiary/aromatic N) is 1. The number of phosphoric ester groups is 1. The summed E-state index contributed by atoms with van der Waals surface area (Å²) in [5.74, 6) is -0.560. The first-order valence-electron chi connectivity index (χ1n) is 36.2. The third kappa shape index (κ3) is 66.9. The summed E-state index contributed by atoms with van der Waals surface area (Å²) in [6.45, 7) is 6.71. The Balaban J connectivity index is 5.10. The molecule has 0 saturated heterocycles. The number of quaternary nitrogens is 1. The minimum absolute atomic E-state index is 0.0300. The normalized spacial score (nSPS) is 14.1. The fourth-order valence-electron chi connectivity index (χ4n) is 10.1. The number of hydrogen-bond donors (Lipinski definition) is 1. The zero-order valence-corrected chi connectivity index (χ0v) is 58.3. The molecule has 0 heterocycles. The monoisotopic (exact) mass is 1230 g/mol. The molecule has 9 nitrogen and oxygen atoms in total. The van der Waals surface area contributed by atoms with E-state index in [0.717, 1.165) is 116 Å². The number of rotatable bonds is 65. The van der Waals surface area contributed by atoms with Gasteiger partial charge in [0.15, 0.2) is 0 Å². The molecule has 502 valence electrons. The van der Waals surface area contributed by atoms with Crippen LogP contribution in [0.3, 0.4) is 0 Å². The van der Waals surface area contributed by atoms with Crippen LogP contribution in [0.15, 0.2) is 109 Å². The second-order valence-corrected chi connectivity index (χ2v) is 26.8. The van der Waals surface area contributed by atoms with Crippen molar-refractivity contribution in [2.24, 2.45) is 0 Å². The van der Waals surface area contributed by atoms with E-state index >= 15 is 0 Å². The fraction of sp³-hybridized carbons (Fsp3) is 0.740. The molecule has 0 bridgehead atoms. The van der Waals surface area contributed by atoms with Crippen LogP contribution in [-0.2, 0) is 27.9 Å². The molecule has 0 aliphatic heterocycles. The van der Waals surface area contributed by atoms with Gasteiger partial charge in [0, 0.05) is 12.8 Å². The predicted octanol–water partition coefficient (Wildman–Crippen LogP) is 22.6. The van der Waals surface area contributed by atoms with E-state index < -0.39 is 26.6 Å². The first-order valence-corrected chi connectivity index (χ1v) is 37.7. The summed E-state index contributed by atoms with van der Waals surface area (Å²) in [4.78, 5) is 40.2. The van der Waals surface area contributed by atoms with E-state index in [1.54, 1.807) is 0 Å². The molecule has 0 aliphatic carbocycles. The van der Waals surface area contributed by atoms with Gasteiger partial charge in [-0.3, -0.25) is 14.2 Å². The lowest BCUT2D eigenvalue weighted by Crippen LogP contribution is -2.47. The molecule has 0 radical (unpaired) electrons. The van der Waals surface area contributed by atoms with Crippen molar-refractivity contribution in [3.63, 3.8) is 0 Å². The van der Waals surface area contributed by atoms with E-state index in [-0.39, 0.29) is 24.9 Å². The van der Waals surface area contributed by atoms with Crippen molar-refractivity contribution in [3.05, 3.63) is 109 Å². The third-order valence-corrected chi connectivity index (χ3v) is 16.7. The molecule has 3 unspecified atom stereocenters. The molecule has 10 heteroatoms. The lowest BCUT2D eigenvalue weighted by molar-refractivity contribution is -0.870. The van der Waals surface area contributed by atoms with Crippen LogP contribution in [0.25, 0.3) is 0 Å². The Morgan fingerprint density at radius 3 is 1.13 bits per heavy atom. The van der Waals surface area contributed by atoms with Crippen molar-refractivity contribution in [2.45, 2.75) is 328 Å². The first kappa shape index (κ1) is 83.7. The highest BCUT2D eigenvalue weighted by Crippen LogP contribution is 2.38. The summed E-state index contributed by atoms with van der Waals surface area (Å²) in [5, 5.41) is 3.04. The Hall–Kier alpha value is -3.33. The largest absolute Gasteiger partial charge is 0.756 e. The summed E-state index contributed by atoms with van der Waals surface area (Å²) in [6.07, 6.45) is 90.7. The average Bonchev–Trinajstić information content (AvgIpc) is 3.70. The van der Waals surface area contributed by atoms with Crippen molar-refractivity contribution in [2.75, 3.05) is 40.9 Å². The Bertz CT molecular complexity index is 1860. The summed E-state index contributed by atoms with van der Waals surface area (Å²) < 4.78 is 30.5. The van der Waals surface area contributed by atoms with E-state index in [4.69, 9.17) is 13.8 Å². The Morgan fingerprint density at radius 1 is 0.414 bits per heavy atom. The number of carbonyl (C=O) groups is 2. The number of allylic oxidation sites excluding steroid dienone is 17. The number of nitrogens with one attached hydrogen (secondary N) is 1. The van der Waals surface area contributed by atoms with Crippen LogP contribution >= 0.6 is 7.82 Å². The standard InChI is InChI=1S/C77H137N2O7P/c1-7-10-13-16-19-22-25-28-30-32-34-36-37-38-39-40-41-43-44-46-48-51-54-57-60-63-66-69-76(80)78-74(73-85-87(82,83)84-72-71-79(4,5)6)75(68-65-62-59-56-53-50-27-24-21-18-15-12-9-3)86-77(81)70-67-64-61-58-55-52-49-47-45-42-35-33-31-29-26-23-20-17-14-11-8-2/h11,14,19-20,22-23,28-31,34-36,42,47,49,65,68,74-75H,7-10,12-13,15-18,21,24-27,32-33,37-41,43-46,48,50-64,66-67,69-73H2,1-6H3,(H-,78,80,82,83)/b14-11-,22-19-,23-20-,30-28-,31-29-,36-34-,42-35-,49-47-,68-65-. The number of amides is 1. The lowest BCUT2D eigenvalue weighted by Gasteiger charge is -2.30. The van der Waals surface area contributed by atoms with Crippen molar-refractivity contribution in [3.8, 4) is 0 Å². The summed E-state index contributed by atoms with van der Waals surface area (Å²) in [5.41, 5.74) is 0. The molecule has 87 heavy (non-hydrogen) atoms. The Labute approximate surface area is 538 Å². The molecular formula is C77H137N2O7P. The number of ether oxygens (including phenoxy) is 1. The zero-order valence-electron chi connectivity index (χ0n) is 57.4. The third-order valence-electron chi connectivity index (χ3n) is 15.7. The summed E-state index contributed by atoms with van der Waals surface area (Å²) in [7, 11) is 1.17. The fourth-order valence-corrected chi connectivity index (χ4v) is 10.9. The van der Waals surface area contributed by atoms with Crippen LogP contribution in [0.5, 0.6) is 0 Å². The molecule has 0 rings (SSSR count). The molecule has 0 aliphatic rings. The number of hydrogen-bond acceptors (Lipinski definition) is 7. The Kier molecular flexibility index (Phi) is 63.1. The lowest BCUT2D eigenvalue weighted by atomic mass is 10.0. The average molecular weight is 1230 g/mol. The molecule has 1 amide bonds. The molecule has 0 aromatic rings. The second kappa shape index (κ2) is 65.6. The SMILES string of the molecule is CC/C=C\C/C=C\C/C=C\C/C=C\C/C=C\CCCCCCCC(=O)OC(/C=C\CCCCCCCCCCCCC)C(COP(=O)([O-])OCC[N+](C)(C)C)NC(=O)CCCCCCCCCCCCCCCC/C=C\C/C=C\C/C=C\CCCCC. The van der Waals surface area contributed by atoms with Crippen molar-refractivity contribution in [1.82, 2.24) is 5.32 Å². The van der Waals surface area contributed by atoms with Gasteiger partial charge in [0.05, 0.1) is 33.8 Å². The highest BCUT2D eigenvalue weighted by atomic mass is 31.2. The summed E-state index contributed by atoms with van der Waals surface area (Å²) >= 11 is 0. The van der Waals surface area contributed by atoms with Gasteiger partial charge in [-0.1, -0.05) is 297 Å². The number of unbranched alkanes of at least 4 members (excludes halogenated alkanes) is 33. The smallest absolute Gasteiger partial charge is 0.306 e. The van der Waals surface area contributed by atoms with Gasteiger partial charge in [-0.05, 0) is 115 Å². The molecule has 1 N–H and O–H groups in total. The number of carbonyl (C=O) groups excluding carboxylic acids is 2. The molecular weight excluding hydrogens is 1100 g/mol. The van der Waals surface area contributed by atoms with Gasteiger partial charge in [0.1, 0.15) is 19.3 Å². The summed E-state index contributed by atoms with van der Waals surface area (Å²) in [6, 6.07) is -0.905. The number of likely N-dealkylation sites (N-methyl/N-ethyl adjacent to an activating group) is 1. The van der Waals surface area contributed by atoms with E-state index in [2.05, 4.69) is 123 Å². The maximum atomic E-state index is 13.6. The molecule has 0 spiro atoms. The van der Waals surface area contributed by atoms with Crippen LogP contribution in [0.4, 0.5) is 0 Å². The van der Waals surface area contributed by atoms with Crippen LogP contribution in [0.2, 0.25) is 0 Å². The number of esters is 1. The van der Waals surface area contributed by atoms with Gasteiger partial charge in [-0.25, -0.2) is 0 Å². The van der Waals surface area contributed by atoms with Gasteiger partial charge in [-0.2, -0.15) is 0 Å². The van der Waals surface area contributed by atoms with Gasteiger partial charge >= 0.3 is 5.97 Å². The first-order chi connectivity index (χ1) is 42.4. The molecule has 0 saturated carbocycles. The van der Waals surface area contributed by atoms with E-state index in [9.17, 15) is 19.0 Å². The highest BCUT2D eigenvalue weighted by Gasteiger charge is 2.27. The van der Waals surface area contributed by atoms with Crippen molar-refractivity contribution >= 4 is 19.7 Å². The quantitative estimate of drug-likeness (QED) is 0.0212. The molecule has 0 aromatic carbocycles. The van der Waals surface area contributed by atoms with Crippen molar-refractivity contribution < 1.29 is 37.3 Å². The van der Waals surface area contributed by atoms with Gasteiger partial charge in [0.2, 0.25) is 5.91 Å². The van der Waals surface area contributed by atoms with Crippen LogP contribution in [-0.4, -0.2) is 69.4 Å². The Morgan fingerprint density at radius 2 is 0.736 bits per heavy atom. The minimum atomic E-state index is -4.72. The second-order valence-electron chi connectivity index (χ2n) is 25.4. The van der Waals surface area contributed by atoms with E-state index in [1.807, 2.05) is 33.3 Å². The van der Waals surface area contributed by atoms with Crippen LogP contribution < -0.4 is 10.2 Å². The van der Waals surface area contributed by atoms with E-state index in [1.165, 1.54) is 161 Å². The van der Waals surface area contributed by atoms with Crippen LogP contribution in [0, 0.1) is 0 Å². The van der Waals surface area contributed by atoms with Gasteiger partial charge in [0.25, 0.3) is 7.82 Å². The molecule has 0 aromatic heterocycles. The van der Waals surface area contributed by atoms with Crippen LogP contribution in [0.1, 0.15) is 316 Å². The number of phosphoric acid groups is 1. The maximum Gasteiger partial charge on any atom is 0.306 e. The van der Waals surface area contributed by atoms with Gasteiger partial charge < -0.3 is 28.5 Å². The zero-order chi connectivity index (χ0) is 63.5. The van der Waals surface area contributed by atoms with Crippen molar-refractivity contribution in [1.29, 1.82) is 0 Å². The minimum Gasteiger partial charge on any atom is -0.756 e. The highest BCUT2D eigenvalue weighted by molar-refractivity contribution is 7.45. The van der Waals surface area contributed by atoms with Gasteiger partial charge in [-0.15, -0.1) is 0 Å². The predicted molar refractivity (Wildman–Crippen MR) is 376 cm³/mol.